The molecule has 0 unspecified atom stereocenters. The molecule has 0 bridgehead atoms. The zero-order valence-electron chi connectivity index (χ0n) is 14.8. The zero-order valence-corrected chi connectivity index (χ0v) is 15.7. The molecule has 24 heavy (non-hydrogen) atoms. The van der Waals surface area contributed by atoms with E-state index >= 15 is 0 Å². The Hall–Kier alpha value is -1.40. The fraction of sp³-hybridized carbons (Fsp3) is 0.562. The summed E-state index contributed by atoms with van der Waals surface area (Å²) in [5.41, 5.74) is 0.452. The summed E-state index contributed by atoms with van der Waals surface area (Å²) in [5.74, 6) is 0.394. The van der Waals surface area contributed by atoms with Crippen LogP contribution in [0.4, 0.5) is 0 Å². The molecule has 7 nitrogen and oxygen atoms in total. The van der Waals surface area contributed by atoms with Crippen LogP contribution >= 0.6 is 7.60 Å². The van der Waals surface area contributed by atoms with Crippen molar-refractivity contribution in [2.45, 2.75) is 34.3 Å². The summed E-state index contributed by atoms with van der Waals surface area (Å²) in [5, 5.41) is 0.105. The molecular weight excluding hydrogens is 335 g/mol. The van der Waals surface area contributed by atoms with Crippen molar-refractivity contribution in [2.75, 3.05) is 26.9 Å². The van der Waals surface area contributed by atoms with Gasteiger partial charge in [0.2, 0.25) is 0 Å². The molecule has 0 radical (unpaired) electrons. The van der Waals surface area contributed by atoms with Crippen LogP contribution in [0.2, 0.25) is 0 Å². The molecule has 8 heteroatoms. The first kappa shape index (κ1) is 20.6. The lowest BCUT2D eigenvalue weighted by Crippen LogP contribution is -2.05. The van der Waals surface area contributed by atoms with Crippen LogP contribution in [0, 0.1) is 6.92 Å². The molecule has 1 aromatic rings. The van der Waals surface area contributed by atoms with Crippen LogP contribution in [0.1, 0.15) is 37.9 Å². The molecule has 0 N–H and O–H groups in total. The standard InChI is InChI=1S/C16H25O7P/c1-6-20-16(17)10-15(24(18,21-7-2)22-8-3)13-9-12(4)23-14(13)11-19-5/h9-10H,6-8,11H2,1-5H3. The SMILES string of the molecule is CCOC(=O)C=C(c1cc(C)oc1COC)P(=O)(OCC)OCC. The normalized spacial score (nSPS) is 12.5. The minimum absolute atomic E-state index is 0.105. The first-order chi connectivity index (χ1) is 11.4. The van der Waals surface area contributed by atoms with Crippen molar-refractivity contribution in [1.29, 1.82) is 0 Å². The van der Waals surface area contributed by atoms with Gasteiger partial charge >= 0.3 is 13.6 Å². The van der Waals surface area contributed by atoms with Gasteiger partial charge in [-0.15, -0.1) is 0 Å². The predicted molar refractivity (Wildman–Crippen MR) is 89.6 cm³/mol. The molecular formula is C16H25O7P. The molecule has 1 heterocycles. The molecule has 1 rings (SSSR count). The zero-order chi connectivity index (χ0) is 18.2. The van der Waals surface area contributed by atoms with Gasteiger partial charge in [0.25, 0.3) is 0 Å². The number of carbonyl (C=O) groups is 1. The Bertz CT molecular complexity index is 608. The maximum Gasteiger partial charge on any atom is 0.362 e. The second-order valence-corrected chi connectivity index (χ2v) is 6.73. The fourth-order valence-corrected chi connectivity index (χ4v) is 3.91. The third kappa shape index (κ3) is 5.31. The van der Waals surface area contributed by atoms with Crippen molar-refractivity contribution in [1.82, 2.24) is 0 Å². The molecule has 0 amide bonds. The summed E-state index contributed by atoms with van der Waals surface area (Å²) in [6, 6.07) is 1.67. The summed E-state index contributed by atoms with van der Waals surface area (Å²) in [7, 11) is -2.21. The maximum absolute atomic E-state index is 13.2. The van der Waals surface area contributed by atoms with E-state index in [-0.39, 0.29) is 31.7 Å². The highest BCUT2D eigenvalue weighted by Crippen LogP contribution is 2.61. The predicted octanol–water partition coefficient (Wildman–Crippen LogP) is 3.90. The molecule has 1 aromatic heterocycles. The molecule has 0 spiro atoms. The highest BCUT2D eigenvalue weighted by Gasteiger charge is 2.34. The Morgan fingerprint density at radius 3 is 2.33 bits per heavy atom. The van der Waals surface area contributed by atoms with E-state index in [9.17, 15) is 9.36 Å². The Kier molecular flexibility index (Phi) is 8.42. The largest absolute Gasteiger partial charge is 0.463 e. The molecule has 0 fully saturated rings. The molecule has 0 aromatic carbocycles. The lowest BCUT2D eigenvalue weighted by atomic mass is 10.2. The Balaban J connectivity index is 3.48. The maximum atomic E-state index is 13.2. The topological polar surface area (TPSA) is 84.2 Å². The van der Waals surface area contributed by atoms with Gasteiger partial charge in [-0.1, -0.05) is 0 Å². The lowest BCUT2D eigenvalue weighted by Gasteiger charge is -2.20. The Morgan fingerprint density at radius 2 is 1.83 bits per heavy atom. The molecule has 0 saturated heterocycles. The van der Waals surface area contributed by atoms with Crippen molar-refractivity contribution in [3.05, 3.63) is 29.2 Å². The number of ether oxygens (including phenoxy) is 2. The minimum Gasteiger partial charge on any atom is -0.463 e. The van der Waals surface area contributed by atoms with E-state index in [0.29, 0.717) is 17.1 Å². The molecule has 136 valence electrons. The quantitative estimate of drug-likeness (QED) is 0.355. The summed E-state index contributed by atoms with van der Waals surface area (Å²) >= 11 is 0. The second kappa shape index (κ2) is 9.79. The van der Waals surface area contributed by atoms with E-state index in [1.165, 1.54) is 7.11 Å². The number of methoxy groups -OCH3 is 1. The van der Waals surface area contributed by atoms with E-state index in [1.54, 1.807) is 33.8 Å². The Morgan fingerprint density at radius 1 is 1.21 bits per heavy atom. The van der Waals surface area contributed by atoms with Crippen LogP contribution in [0.15, 0.2) is 16.6 Å². The number of hydrogen-bond donors (Lipinski definition) is 0. The van der Waals surface area contributed by atoms with E-state index < -0.39 is 13.6 Å². The molecule has 0 aliphatic carbocycles. The van der Waals surface area contributed by atoms with Crippen molar-refractivity contribution < 1.29 is 32.3 Å². The Labute approximate surface area is 142 Å². The number of rotatable bonds is 10. The van der Waals surface area contributed by atoms with E-state index in [2.05, 4.69) is 0 Å². The lowest BCUT2D eigenvalue weighted by molar-refractivity contribution is -0.137. The molecule has 0 aliphatic heterocycles. The van der Waals surface area contributed by atoms with Crippen molar-refractivity contribution in [3.63, 3.8) is 0 Å². The highest BCUT2D eigenvalue weighted by atomic mass is 31.2. The average Bonchev–Trinajstić information content (AvgIpc) is 2.86. The number of aryl methyl sites for hydroxylation is 1. The molecule has 0 aliphatic rings. The van der Waals surface area contributed by atoms with Crippen LogP contribution in [-0.2, 0) is 34.5 Å². The monoisotopic (exact) mass is 360 g/mol. The van der Waals surface area contributed by atoms with Crippen molar-refractivity contribution in [3.8, 4) is 0 Å². The first-order valence-corrected chi connectivity index (χ1v) is 9.32. The number of esters is 1. The summed E-state index contributed by atoms with van der Waals surface area (Å²) in [6.45, 7) is 7.51. The molecule has 0 saturated carbocycles. The average molecular weight is 360 g/mol. The fourth-order valence-electron chi connectivity index (χ4n) is 2.13. The van der Waals surface area contributed by atoms with Gasteiger partial charge in [0.15, 0.2) is 0 Å². The second-order valence-electron chi connectivity index (χ2n) is 4.74. The van der Waals surface area contributed by atoms with Crippen LogP contribution in [-0.4, -0.2) is 32.9 Å². The third-order valence-electron chi connectivity index (χ3n) is 2.92. The summed E-state index contributed by atoms with van der Waals surface area (Å²) in [4.78, 5) is 12.0. The van der Waals surface area contributed by atoms with Gasteiger partial charge in [-0.25, -0.2) is 4.79 Å². The van der Waals surface area contributed by atoms with Gasteiger partial charge in [0.05, 0.1) is 25.1 Å². The van der Waals surface area contributed by atoms with Gasteiger partial charge in [-0.05, 0) is 33.8 Å². The summed E-state index contributed by atoms with van der Waals surface area (Å²) < 4.78 is 39.6. The van der Waals surface area contributed by atoms with E-state index in [4.69, 9.17) is 22.9 Å². The number of carbonyl (C=O) groups excluding carboxylic acids is 1. The van der Waals surface area contributed by atoms with Crippen LogP contribution in [0.25, 0.3) is 5.31 Å². The number of furan rings is 1. The van der Waals surface area contributed by atoms with Crippen LogP contribution in [0.3, 0.4) is 0 Å². The van der Waals surface area contributed by atoms with E-state index in [0.717, 1.165) is 6.08 Å². The first-order valence-electron chi connectivity index (χ1n) is 7.78. The summed E-state index contributed by atoms with van der Waals surface area (Å²) in [6.07, 6.45) is 1.14. The molecule has 0 atom stereocenters. The highest BCUT2D eigenvalue weighted by molar-refractivity contribution is 7.65. The van der Waals surface area contributed by atoms with Crippen LogP contribution in [0.5, 0.6) is 0 Å². The minimum atomic E-state index is -3.72. The smallest absolute Gasteiger partial charge is 0.362 e. The van der Waals surface area contributed by atoms with Crippen LogP contribution < -0.4 is 0 Å². The van der Waals surface area contributed by atoms with E-state index in [1.807, 2.05) is 0 Å². The van der Waals surface area contributed by atoms with Gasteiger partial charge in [0, 0.05) is 18.7 Å². The van der Waals surface area contributed by atoms with Gasteiger partial charge in [-0.3, -0.25) is 4.57 Å². The van der Waals surface area contributed by atoms with Gasteiger partial charge < -0.3 is 22.9 Å². The van der Waals surface area contributed by atoms with Gasteiger partial charge in [-0.2, -0.15) is 0 Å². The number of hydrogen-bond acceptors (Lipinski definition) is 7. The third-order valence-corrected chi connectivity index (χ3v) is 5.07. The van der Waals surface area contributed by atoms with Gasteiger partial charge in [0.1, 0.15) is 18.1 Å². The van der Waals surface area contributed by atoms with Crippen molar-refractivity contribution in [2.24, 2.45) is 0 Å². The van der Waals surface area contributed by atoms with Crippen molar-refractivity contribution >= 4 is 18.9 Å².